The summed E-state index contributed by atoms with van der Waals surface area (Å²) in [6.07, 6.45) is 0.889. The molecule has 1 aromatic rings. The first-order chi connectivity index (χ1) is 6.57. The van der Waals surface area contributed by atoms with E-state index in [1.54, 1.807) is 4.68 Å². The minimum Gasteiger partial charge on any atom is -0.358 e. The first-order valence-corrected chi connectivity index (χ1v) is 4.65. The number of rotatable bonds is 4. The zero-order valence-electron chi connectivity index (χ0n) is 8.60. The van der Waals surface area contributed by atoms with Gasteiger partial charge >= 0.3 is 5.82 Å². The van der Waals surface area contributed by atoms with Gasteiger partial charge in [-0.05, 0) is 11.3 Å². The molecule has 0 unspecified atom stereocenters. The second-order valence-corrected chi connectivity index (χ2v) is 3.43. The Morgan fingerprint density at radius 3 is 2.64 bits per heavy atom. The van der Waals surface area contributed by atoms with Crippen molar-refractivity contribution < 1.29 is 4.92 Å². The molecule has 0 spiro atoms. The maximum absolute atomic E-state index is 10.6. The molecule has 0 amide bonds. The number of nitrogens with zero attached hydrogens (tertiary/aromatic N) is 4. The highest BCUT2D eigenvalue weighted by atomic mass is 16.6. The lowest BCUT2D eigenvalue weighted by atomic mass is 10.1. The molecule has 0 N–H and O–H groups in total. The van der Waals surface area contributed by atoms with Crippen LogP contribution in [0.5, 0.6) is 0 Å². The normalized spacial score (nSPS) is 10.9. The van der Waals surface area contributed by atoms with Gasteiger partial charge in [0.05, 0.1) is 5.21 Å². The lowest BCUT2D eigenvalue weighted by Gasteiger charge is -2.05. The van der Waals surface area contributed by atoms with Gasteiger partial charge in [-0.1, -0.05) is 20.8 Å². The molecule has 1 heterocycles. The van der Waals surface area contributed by atoms with E-state index in [0.29, 0.717) is 12.2 Å². The minimum atomic E-state index is -0.478. The van der Waals surface area contributed by atoms with E-state index >= 15 is 0 Å². The van der Waals surface area contributed by atoms with Gasteiger partial charge in [-0.25, -0.2) is 4.68 Å². The standard InChI is InChI=1S/C8H14N4O2/c1-4-5-11-7(6(2)3)8(9-10-11)12(13)14/h6H,4-5H2,1-3H3. The summed E-state index contributed by atoms with van der Waals surface area (Å²) in [5.41, 5.74) is 0.608. The van der Waals surface area contributed by atoms with E-state index in [2.05, 4.69) is 10.3 Å². The smallest absolute Gasteiger partial charge is 0.358 e. The van der Waals surface area contributed by atoms with Crippen LogP contribution in [-0.4, -0.2) is 19.9 Å². The summed E-state index contributed by atoms with van der Waals surface area (Å²) in [5.74, 6) is -0.0506. The second kappa shape index (κ2) is 4.17. The molecule has 1 rings (SSSR count). The van der Waals surface area contributed by atoms with Crippen molar-refractivity contribution in [2.45, 2.75) is 39.7 Å². The summed E-state index contributed by atoms with van der Waals surface area (Å²) in [6.45, 7) is 6.47. The Kier molecular flexibility index (Phi) is 3.16. The number of hydrogen-bond acceptors (Lipinski definition) is 4. The van der Waals surface area contributed by atoms with Gasteiger partial charge in [-0.3, -0.25) is 0 Å². The molecule has 0 aliphatic carbocycles. The molecule has 0 aromatic carbocycles. The highest BCUT2D eigenvalue weighted by Gasteiger charge is 2.25. The van der Waals surface area contributed by atoms with Gasteiger partial charge in [-0.2, -0.15) is 0 Å². The third kappa shape index (κ3) is 1.89. The lowest BCUT2D eigenvalue weighted by Crippen LogP contribution is -2.07. The predicted octanol–water partition coefficient (Wildman–Crippen LogP) is 1.72. The number of nitro groups is 1. The molecule has 0 fully saturated rings. The highest BCUT2D eigenvalue weighted by molar-refractivity contribution is 5.27. The van der Waals surface area contributed by atoms with Gasteiger partial charge < -0.3 is 10.1 Å². The topological polar surface area (TPSA) is 73.8 Å². The average Bonchev–Trinajstić information content (AvgIpc) is 2.48. The molecule has 6 nitrogen and oxygen atoms in total. The fourth-order valence-corrected chi connectivity index (χ4v) is 1.37. The first kappa shape index (κ1) is 10.6. The SMILES string of the molecule is CCCn1nnc([N+](=O)[O-])c1C(C)C. The summed E-state index contributed by atoms with van der Waals surface area (Å²) in [6, 6.07) is 0. The Hall–Kier alpha value is -1.46. The van der Waals surface area contributed by atoms with Gasteiger partial charge in [0.2, 0.25) is 0 Å². The minimum absolute atomic E-state index is 0.0666. The zero-order valence-corrected chi connectivity index (χ0v) is 8.60. The van der Waals surface area contributed by atoms with Gasteiger partial charge in [-0.15, -0.1) is 0 Å². The zero-order chi connectivity index (χ0) is 10.7. The van der Waals surface area contributed by atoms with Crippen molar-refractivity contribution >= 4 is 5.82 Å². The number of aromatic nitrogens is 3. The van der Waals surface area contributed by atoms with Crippen molar-refractivity contribution in [1.82, 2.24) is 15.0 Å². The summed E-state index contributed by atoms with van der Waals surface area (Å²) >= 11 is 0. The molecule has 0 atom stereocenters. The fraction of sp³-hybridized carbons (Fsp3) is 0.750. The van der Waals surface area contributed by atoms with Gasteiger partial charge in [0.15, 0.2) is 0 Å². The molecule has 0 aliphatic rings. The summed E-state index contributed by atoms with van der Waals surface area (Å²) < 4.78 is 1.61. The van der Waals surface area contributed by atoms with Crippen LogP contribution < -0.4 is 0 Å². The number of hydrogen-bond donors (Lipinski definition) is 0. The van der Waals surface area contributed by atoms with E-state index in [0.717, 1.165) is 6.42 Å². The van der Waals surface area contributed by atoms with Crippen LogP contribution in [0.25, 0.3) is 0 Å². The number of aryl methyl sites for hydroxylation is 1. The second-order valence-electron chi connectivity index (χ2n) is 3.43. The van der Waals surface area contributed by atoms with E-state index in [4.69, 9.17) is 0 Å². The van der Waals surface area contributed by atoms with Crippen molar-refractivity contribution in [2.24, 2.45) is 0 Å². The Morgan fingerprint density at radius 1 is 1.57 bits per heavy atom. The van der Waals surface area contributed by atoms with Crippen molar-refractivity contribution in [3.8, 4) is 0 Å². The lowest BCUT2D eigenvalue weighted by molar-refractivity contribution is -0.390. The predicted molar refractivity (Wildman–Crippen MR) is 51.1 cm³/mol. The van der Waals surface area contributed by atoms with Crippen LogP contribution in [-0.2, 0) is 6.54 Å². The van der Waals surface area contributed by atoms with E-state index in [9.17, 15) is 10.1 Å². The third-order valence-corrected chi connectivity index (χ3v) is 1.91. The van der Waals surface area contributed by atoms with Crippen LogP contribution >= 0.6 is 0 Å². The van der Waals surface area contributed by atoms with E-state index in [1.807, 2.05) is 20.8 Å². The first-order valence-electron chi connectivity index (χ1n) is 4.65. The van der Waals surface area contributed by atoms with Crippen molar-refractivity contribution in [3.05, 3.63) is 15.8 Å². The Bertz CT molecular complexity index is 332. The Labute approximate surface area is 82.1 Å². The van der Waals surface area contributed by atoms with Crippen LogP contribution in [0.15, 0.2) is 0 Å². The molecule has 78 valence electrons. The molecule has 0 radical (unpaired) electrons. The fourth-order valence-electron chi connectivity index (χ4n) is 1.37. The molecule has 6 heteroatoms. The van der Waals surface area contributed by atoms with E-state index in [1.165, 1.54) is 0 Å². The molecule has 0 saturated carbocycles. The highest BCUT2D eigenvalue weighted by Crippen LogP contribution is 2.23. The molecular weight excluding hydrogens is 184 g/mol. The molecular formula is C8H14N4O2. The molecule has 0 saturated heterocycles. The summed E-state index contributed by atoms with van der Waals surface area (Å²) in [5, 5.41) is 18.0. The van der Waals surface area contributed by atoms with Crippen LogP contribution in [0.4, 0.5) is 5.82 Å². The van der Waals surface area contributed by atoms with E-state index in [-0.39, 0.29) is 11.7 Å². The molecule has 0 aliphatic heterocycles. The van der Waals surface area contributed by atoms with Gasteiger partial charge in [0.25, 0.3) is 0 Å². The Morgan fingerprint density at radius 2 is 2.21 bits per heavy atom. The third-order valence-electron chi connectivity index (χ3n) is 1.91. The van der Waals surface area contributed by atoms with Crippen LogP contribution in [0, 0.1) is 10.1 Å². The van der Waals surface area contributed by atoms with Crippen LogP contribution in [0.2, 0.25) is 0 Å². The van der Waals surface area contributed by atoms with Crippen molar-refractivity contribution in [3.63, 3.8) is 0 Å². The monoisotopic (exact) mass is 198 g/mol. The van der Waals surface area contributed by atoms with E-state index < -0.39 is 4.92 Å². The van der Waals surface area contributed by atoms with Gasteiger partial charge in [0.1, 0.15) is 10.8 Å². The van der Waals surface area contributed by atoms with Gasteiger partial charge in [0, 0.05) is 12.5 Å². The van der Waals surface area contributed by atoms with Crippen LogP contribution in [0.3, 0.4) is 0 Å². The average molecular weight is 198 g/mol. The molecule has 14 heavy (non-hydrogen) atoms. The summed E-state index contributed by atoms with van der Waals surface area (Å²) in [4.78, 5) is 10.2. The Balaban J connectivity index is 3.13. The molecule has 1 aromatic heterocycles. The maximum Gasteiger partial charge on any atom is 0.413 e. The maximum atomic E-state index is 10.6. The largest absolute Gasteiger partial charge is 0.413 e. The van der Waals surface area contributed by atoms with Crippen molar-refractivity contribution in [1.29, 1.82) is 0 Å². The summed E-state index contributed by atoms with van der Waals surface area (Å²) in [7, 11) is 0. The van der Waals surface area contributed by atoms with Crippen LogP contribution in [0.1, 0.15) is 38.8 Å². The van der Waals surface area contributed by atoms with Crippen molar-refractivity contribution in [2.75, 3.05) is 0 Å². The quantitative estimate of drug-likeness (QED) is 0.545. The molecule has 0 bridgehead atoms.